The van der Waals surface area contributed by atoms with E-state index in [1.54, 1.807) is 48.5 Å². The summed E-state index contributed by atoms with van der Waals surface area (Å²) in [6.07, 6.45) is 1.64. The smallest absolute Gasteiger partial charge is 0.293 e. The van der Waals surface area contributed by atoms with Gasteiger partial charge in [0.15, 0.2) is 11.5 Å². The molecule has 0 atom stereocenters. The van der Waals surface area contributed by atoms with Crippen LogP contribution >= 0.6 is 23.4 Å². The third-order valence-corrected chi connectivity index (χ3v) is 6.08. The van der Waals surface area contributed by atoms with Gasteiger partial charge in [-0.05, 0) is 70.9 Å². The van der Waals surface area contributed by atoms with E-state index in [4.69, 9.17) is 21.1 Å². The number of ether oxygens (including phenoxy) is 2. The maximum Gasteiger partial charge on any atom is 0.293 e. The van der Waals surface area contributed by atoms with E-state index < -0.39 is 5.91 Å². The van der Waals surface area contributed by atoms with Crippen LogP contribution in [0, 0.1) is 5.82 Å². The number of imide groups is 1. The number of amides is 2. The van der Waals surface area contributed by atoms with Crippen molar-refractivity contribution in [3.05, 3.63) is 99.2 Å². The summed E-state index contributed by atoms with van der Waals surface area (Å²) in [5.41, 5.74) is 2.32. The molecule has 0 unspecified atom stereocenters. The first kappa shape index (κ1) is 22.9. The Morgan fingerprint density at radius 2 is 1.67 bits per heavy atom. The highest BCUT2D eigenvalue weighted by molar-refractivity contribution is 8.18. The topological polar surface area (TPSA) is 55.8 Å². The van der Waals surface area contributed by atoms with Crippen molar-refractivity contribution in [2.75, 3.05) is 7.11 Å². The third-order valence-electron chi connectivity index (χ3n) is 4.92. The Bertz CT molecular complexity index is 1210. The molecular weight excluding hydrogens is 465 g/mol. The maximum atomic E-state index is 13.1. The molecular formula is C25H19ClFNO4S. The van der Waals surface area contributed by atoms with E-state index in [0.717, 1.165) is 22.2 Å². The second-order valence-electron chi connectivity index (χ2n) is 7.22. The van der Waals surface area contributed by atoms with Gasteiger partial charge < -0.3 is 9.47 Å². The van der Waals surface area contributed by atoms with Gasteiger partial charge in [-0.3, -0.25) is 14.5 Å². The van der Waals surface area contributed by atoms with Gasteiger partial charge in [0.25, 0.3) is 11.1 Å². The molecule has 0 radical (unpaired) electrons. The maximum absolute atomic E-state index is 13.1. The molecule has 5 nitrogen and oxygen atoms in total. The lowest BCUT2D eigenvalue weighted by Gasteiger charge is -2.12. The molecule has 3 aromatic rings. The highest BCUT2D eigenvalue weighted by Gasteiger charge is 2.35. The molecule has 0 aromatic heterocycles. The summed E-state index contributed by atoms with van der Waals surface area (Å²) >= 11 is 6.78. The Kier molecular flexibility index (Phi) is 7.01. The van der Waals surface area contributed by atoms with Crippen molar-refractivity contribution in [3.63, 3.8) is 0 Å². The zero-order chi connectivity index (χ0) is 23.4. The molecule has 33 heavy (non-hydrogen) atoms. The van der Waals surface area contributed by atoms with Gasteiger partial charge in [-0.15, -0.1) is 0 Å². The van der Waals surface area contributed by atoms with Crippen LogP contribution in [0.3, 0.4) is 0 Å². The SMILES string of the molecule is COc1cc(/C=C2\SC(=O)N(Cc3ccc(F)cc3)C2=O)ccc1OCc1ccc(Cl)cc1. The number of methoxy groups -OCH3 is 1. The van der Waals surface area contributed by atoms with Gasteiger partial charge in [-0.1, -0.05) is 41.9 Å². The summed E-state index contributed by atoms with van der Waals surface area (Å²) in [7, 11) is 1.53. The minimum Gasteiger partial charge on any atom is -0.493 e. The van der Waals surface area contributed by atoms with Gasteiger partial charge in [0, 0.05) is 5.02 Å². The van der Waals surface area contributed by atoms with Crippen LogP contribution in [-0.2, 0) is 17.9 Å². The van der Waals surface area contributed by atoms with Crippen LogP contribution in [0.4, 0.5) is 9.18 Å². The predicted molar refractivity (Wildman–Crippen MR) is 127 cm³/mol. The first-order valence-corrected chi connectivity index (χ1v) is 11.2. The monoisotopic (exact) mass is 483 g/mol. The zero-order valence-electron chi connectivity index (χ0n) is 17.6. The molecule has 0 aliphatic carbocycles. The molecule has 0 spiro atoms. The van der Waals surface area contributed by atoms with Crippen molar-refractivity contribution in [2.24, 2.45) is 0 Å². The normalized spacial score (nSPS) is 14.8. The van der Waals surface area contributed by atoms with Crippen LogP contribution in [0.1, 0.15) is 16.7 Å². The van der Waals surface area contributed by atoms with Crippen molar-refractivity contribution < 1.29 is 23.5 Å². The molecule has 0 bridgehead atoms. The molecule has 0 N–H and O–H groups in total. The molecule has 8 heteroatoms. The molecule has 4 rings (SSSR count). The zero-order valence-corrected chi connectivity index (χ0v) is 19.2. The first-order chi connectivity index (χ1) is 15.9. The molecule has 2 amide bonds. The van der Waals surface area contributed by atoms with Crippen molar-refractivity contribution in [1.29, 1.82) is 0 Å². The molecule has 1 aliphatic rings. The molecule has 3 aromatic carbocycles. The summed E-state index contributed by atoms with van der Waals surface area (Å²) in [6, 6.07) is 18.3. The average Bonchev–Trinajstić information content (AvgIpc) is 3.07. The molecule has 168 valence electrons. The lowest BCUT2D eigenvalue weighted by Crippen LogP contribution is -2.27. The number of hydrogen-bond donors (Lipinski definition) is 0. The number of rotatable bonds is 7. The largest absolute Gasteiger partial charge is 0.493 e. The van der Waals surface area contributed by atoms with Crippen molar-refractivity contribution in [1.82, 2.24) is 4.90 Å². The van der Waals surface area contributed by atoms with Gasteiger partial charge in [-0.2, -0.15) is 0 Å². The van der Waals surface area contributed by atoms with E-state index in [9.17, 15) is 14.0 Å². The van der Waals surface area contributed by atoms with Crippen LogP contribution in [0.2, 0.25) is 5.02 Å². The Balaban J connectivity index is 1.47. The van der Waals surface area contributed by atoms with Crippen LogP contribution < -0.4 is 9.47 Å². The first-order valence-electron chi connectivity index (χ1n) is 9.98. The van der Waals surface area contributed by atoms with E-state index in [1.807, 2.05) is 12.1 Å². The molecule has 0 saturated carbocycles. The summed E-state index contributed by atoms with van der Waals surface area (Å²) in [4.78, 5) is 26.6. The lowest BCUT2D eigenvalue weighted by molar-refractivity contribution is -0.123. The van der Waals surface area contributed by atoms with Crippen molar-refractivity contribution >= 4 is 40.6 Å². The van der Waals surface area contributed by atoms with Crippen LogP contribution in [0.5, 0.6) is 11.5 Å². The highest BCUT2D eigenvalue weighted by atomic mass is 35.5. The summed E-state index contributed by atoms with van der Waals surface area (Å²) in [6.45, 7) is 0.429. The number of carbonyl (C=O) groups excluding carboxylic acids is 2. The number of nitrogens with zero attached hydrogens (tertiary/aromatic N) is 1. The van der Waals surface area contributed by atoms with Crippen LogP contribution in [0.15, 0.2) is 71.6 Å². The van der Waals surface area contributed by atoms with Gasteiger partial charge in [0.05, 0.1) is 18.6 Å². The lowest BCUT2D eigenvalue weighted by atomic mass is 10.1. The molecule has 1 heterocycles. The quantitative estimate of drug-likeness (QED) is 0.369. The molecule has 1 saturated heterocycles. The summed E-state index contributed by atoms with van der Waals surface area (Å²) in [5.74, 6) is 0.288. The fourth-order valence-corrected chi connectivity index (χ4v) is 4.16. The van der Waals surface area contributed by atoms with E-state index in [2.05, 4.69) is 0 Å². The molecule has 1 aliphatic heterocycles. The Morgan fingerprint density at radius 1 is 0.970 bits per heavy atom. The van der Waals surface area contributed by atoms with E-state index in [0.29, 0.717) is 39.2 Å². The van der Waals surface area contributed by atoms with Crippen LogP contribution in [-0.4, -0.2) is 23.2 Å². The average molecular weight is 484 g/mol. The molecule has 1 fully saturated rings. The van der Waals surface area contributed by atoms with Gasteiger partial charge >= 0.3 is 0 Å². The van der Waals surface area contributed by atoms with Crippen molar-refractivity contribution in [3.8, 4) is 11.5 Å². The Labute approximate surface area is 199 Å². The number of halogens is 2. The van der Waals surface area contributed by atoms with E-state index in [-0.39, 0.29) is 17.6 Å². The third kappa shape index (κ3) is 5.56. The predicted octanol–water partition coefficient (Wildman–Crippen LogP) is 6.30. The Hall–Kier alpha value is -3.29. The number of thioether (sulfide) groups is 1. The fraction of sp³-hybridized carbons (Fsp3) is 0.120. The van der Waals surface area contributed by atoms with E-state index >= 15 is 0 Å². The van der Waals surface area contributed by atoms with Gasteiger partial charge in [0.1, 0.15) is 12.4 Å². The number of benzene rings is 3. The summed E-state index contributed by atoms with van der Waals surface area (Å²) in [5, 5.41) is 0.285. The van der Waals surface area contributed by atoms with Gasteiger partial charge in [-0.25, -0.2) is 4.39 Å². The minimum absolute atomic E-state index is 0.0864. The van der Waals surface area contributed by atoms with Gasteiger partial charge in [0.2, 0.25) is 0 Å². The standard InChI is InChI=1S/C25H19ClFNO4S/c1-31-22-12-18(6-11-21(22)32-15-17-2-7-19(26)8-3-17)13-23-24(29)28(25(30)33-23)14-16-4-9-20(27)10-5-16/h2-13H,14-15H2,1H3/b23-13-. The van der Waals surface area contributed by atoms with Crippen molar-refractivity contribution in [2.45, 2.75) is 13.2 Å². The van der Waals surface area contributed by atoms with E-state index in [1.165, 1.54) is 19.2 Å². The summed E-state index contributed by atoms with van der Waals surface area (Å²) < 4.78 is 24.4. The Morgan fingerprint density at radius 3 is 2.36 bits per heavy atom. The number of hydrogen-bond acceptors (Lipinski definition) is 5. The van der Waals surface area contributed by atoms with Crippen LogP contribution in [0.25, 0.3) is 6.08 Å². The number of carbonyl (C=O) groups is 2. The second kappa shape index (κ2) is 10.1. The second-order valence-corrected chi connectivity index (χ2v) is 8.65. The minimum atomic E-state index is -0.392. The fourth-order valence-electron chi connectivity index (χ4n) is 3.19. The highest BCUT2D eigenvalue weighted by Crippen LogP contribution is 2.35.